The topological polar surface area (TPSA) is 95.0 Å². The number of carbonyl (C=O) groups excluding carboxylic acids is 2. The number of aliphatic hydroxyl groups excluding tert-OH is 1. The van der Waals surface area contributed by atoms with Gasteiger partial charge in [-0.2, -0.15) is 0 Å². The molecule has 1 aromatic carbocycles. The highest BCUT2D eigenvalue weighted by Gasteiger charge is 2.34. The summed E-state index contributed by atoms with van der Waals surface area (Å²) in [6, 6.07) is 13.2. The Balaban J connectivity index is 1.25. The molecule has 8 nitrogen and oxygen atoms in total. The van der Waals surface area contributed by atoms with Gasteiger partial charge < -0.3 is 25.0 Å². The second-order valence-electron chi connectivity index (χ2n) is 8.28. The van der Waals surface area contributed by atoms with Gasteiger partial charge in [-0.25, -0.2) is 0 Å². The van der Waals surface area contributed by atoms with Crippen LogP contribution < -0.4 is 10.2 Å². The van der Waals surface area contributed by atoms with E-state index in [9.17, 15) is 14.7 Å². The van der Waals surface area contributed by atoms with E-state index in [-0.39, 0.29) is 30.6 Å². The van der Waals surface area contributed by atoms with Gasteiger partial charge in [0.05, 0.1) is 25.2 Å². The molecule has 2 saturated heterocycles. The molecule has 8 heteroatoms. The van der Waals surface area contributed by atoms with E-state index < -0.39 is 6.10 Å². The summed E-state index contributed by atoms with van der Waals surface area (Å²) in [5, 5.41) is 12.7. The number of piperazine rings is 1. The maximum absolute atomic E-state index is 12.8. The number of ether oxygens (including phenoxy) is 1. The predicted octanol–water partition coefficient (Wildman–Crippen LogP) is 1.46. The van der Waals surface area contributed by atoms with Gasteiger partial charge in [0, 0.05) is 49.8 Å². The zero-order valence-electron chi connectivity index (χ0n) is 18.1. The van der Waals surface area contributed by atoms with Gasteiger partial charge in [0.2, 0.25) is 5.91 Å². The lowest BCUT2D eigenvalue weighted by Gasteiger charge is -2.39. The van der Waals surface area contributed by atoms with Crippen LogP contribution in [0.1, 0.15) is 29.6 Å². The lowest BCUT2D eigenvalue weighted by molar-refractivity contribution is -0.140. The smallest absolute Gasteiger partial charge is 0.251 e. The molecule has 0 bridgehead atoms. The number of benzene rings is 1. The van der Waals surface area contributed by atoms with Gasteiger partial charge >= 0.3 is 0 Å². The van der Waals surface area contributed by atoms with Gasteiger partial charge in [0.25, 0.3) is 5.91 Å². The average Bonchev–Trinajstić information content (AvgIpc) is 2.86. The van der Waals surface area contributed by atoms with Crippen LogP contribution in [0.25, 0.3) is 0 Å². The molecule has 0 radical (unpaired) electrons. The van der Waals surface area contributed by atoms with Crippen LogP contribution in [-0.4, -0.2) is 77.8 Å². The van der Waals surface area contributed by atoms with Crippen LogP contribution in [0.2, 0.25) is 0 Å². The molecule has 0 unspecified atom stereocenters. The number of para-hydroxylation sites is 1. The Bertz CT molecular complexity index is 887. The molecule has 2 amide bonds. The average molecular weight is 439 g/mol. The Morgan fingerprint density at radius 3 is 2.44 bits per heavy atom. The van der Waals surface area contributed by atoms with Crippen molar-refractivity contribution in [3.8, 4) is 0 Å². The molecular formula is C24H30N4O4. The molecule has 3 heterocycles. The summed E-state index contributed by atoms with van der Waals surface area (Å²) in [6.45, 7) is 2.79. The van der Waals surface area contributed by atoms with E-state index in [1.807, 2.05) is 23.1 Å². The molecule has 3 atom stereocenters. The van der Waals surface area contributed by atoms with Gasteiger partial charge in [-0.05, 0) is 37.1 Å². The highest BCUT2D eigenvalue weighted by molar-refractivity contribution is 5.94. The Hall–Kier alpha value is -2.97. The van der Waals surface area contributed by atoms with E-state index in [0.717, 1.165) is 13.1 Å². The summed E-state index contributed by atoms with van der Waals surface area (Å²) in [7, 11) is 0. The minimum Gasteiger partial charge on any atom is -0.394 e. The molecule has 2 aliphatic rings. The van der Waals surface area contributed by atoms with Crippen molar-refractivity contribution in [3.63, 3.8) is 0 Å². The van der Waals surface area contributed by atoms with Crippen LogP contribution in [0.4, 0.5) is 5.69 Å². The van der Waals surface area contributed by atoms with Crippen LogP contribution in [-0.2, 0) is 9.53 Å². The number of nitrogens with one attached hydrogen (secondary N) is 1. The van der Waals surface area contributed by atoms with E-state index in [1.165, 1.54) is 5.69 Å². The number of aliphatic hydroxyl groups is 1. The highest BCUT2D eigenvalue weighted by atomic mass is 16.5. The summed E-state index contributed by atoms with van der Waals surface area (Å²) in [4.78, 5) is 33.4. The summed E-state index contributed by atoms with van der Waals surface area (Å²) in [5.74, 6) is -0.135. The van der Waals surface area contributed by atoms with E-state index in [1.54, 1.807) is 24.5 Å². The second-order valence-corrected chi connectivity index (χ2v) is 8.28. The monoisotopic (exact) mass is 438 g/mol. The minimum atomic E-state index is -0.526. The predicted molar refractivity (Wildman–Crippen MR) is 120 cm³/mol. The fraction of sp³-hybridized carbons (Fsp3) is 0.458. The second kappa shape index (κ2) is 10.6. The Morgan fingerprint density at radius 2 is 1.75 bits per heavy atom. The van der Waals surface area contributed by atoms with Gasteiger partial charge in [0.1, 0.15) is 6.10 Å². The normalized spacial score (nSPS) is 23.6. The third-order valence-corrected chi connectivity index (χ3v) is 6.21. The number of rotatable bonds is 6. The van der Waals surface area contributed by atoms with Crippen molar-refractivity contribution in [2.75, 3.05) is 37.7 Å². The van der Waals surface area contributed by atoms with Crippen molar-refractivity contribution in [2.24, 2.45) is 0 Å². The Labute approximate surface area is 188 Å². The number of nitrogens with zero attached hydrogens (tertiary/aromatic N) is 3. The number of pyridine rings is 1. The summed E-state index contributed by atoms with van der Waals surface area (Å²) < 4.78 is 6.00. The van der Waals surface area contributed by atoms with Crippen molar-refractivity contribution in [1.82, 2.24) is 15.2 Å². The van der Waals surface area contributed by atoms with Crippen LogP contribution in [0.3, 0.4) is 0 Å². The molecule has 0 aliphatic carbocycles. The molecule has 170 valence electrons. The first kappa shape index (κ1) is 22.2. The number of hydrogen-bond acceptors (Lipinski definition) is 6. The minimum absolute atomic E-state index is 0.0821. The number of aromatic nitrogens is 1. The summed E-state index contributed by atoms with van der Waals surface area (Å²) in [5.41, 5.74) is 1.70. The Morgan fingerprint density at radius 1 is 1.03 bits per heavy atom. The molecule has 1 aromatic heterocycles. The molecule has 2 aliphatic heterocycles. The first-order valence-corrected chi connectivity index (χ1v) is 11.2. The third kappa shape index (κ3) is 5.44. The molecular weight excluding hydrogens is 408 g/mol. The van der Waals surface area contributed by atoms with Crippen LogP contribution in [0, 0.1) is 0 Å². The number of carbonyl (C=O) groups is 2. The SMILES string of the molecule is O=C(N[C@H]1CC[C@@H](CC(=O)N2CCN(c3ccccc3)CC2)O[C@@H]1CO)c1ccncc1. The standard InChI is InChI=1S/C24H30N4O4/c29-17-22-21(26-24(31)18-8-10-25-11-9-18)7-6-20(32-22)16-23(30)28-14-12-27(13-15-28)19-4-2-1-3-5-19/h1-5,8-11,20-22,29H,6-7,12-17H2,(H,26,31)/t20-,21-,22+/m0/s1. The van der Waals surface area contributed by atoms with Gasteiger partial charge in [-0.3, -0.25) is 14.6 Å². The zero-order valence-corrected chi connectivity index (χ0v) is 18.1. The molecule has 0 spiro atoms. The lowest BCUT2D eigenvalue weighted by atomic mass is 9.96. The molecule has 4 rings (SSSR count). The first-order valence-electron chi connectivity index (χ1n) is 11.2. The van der Waals surface area contributed by atoms with Crippen molar-refractivity contribution >= 4 is 17.5 Å². The molecule has 2 aromatic rings. The van der Waals surface area contributed by atoms with Gasteiger partial charge in [-0.1, -0.05) is 18.2 Å². The van der Waals surface area contributed by atoms with Gasteiger partial charge in [-0.15, -0.1) is 0 Å². The van der Waals surface area contributed by atoms with Crippen molar-refractivity contribution < 1.29 is 19.4 Å². The molecule has 2 fully saturated rings. The zero-order chi connectivity index (χ0) is 22.3. The van der Waals surface area contributed by atoms with E-state index in [0.29, 0.717) is 37.9 Å². The fourth-order valence-electron chi connectivity index (χ4n) is 4.38. The number of hydrogen-bond donors (Lipinski definition) is 2. The van der Waals surface area contributed by atoms with Crippen molar-refractivity contribution in [2.45, 2.75) is 37.5 Å². The molecule has 2 N–H and O–H groups in total. The maximum Gasteiger partial charge on any atom is 0.251 e. The van der Waals surface area contributed by atoms with E-state index >= 15 is 0 Å². The largest absolute Gasteiger partial charge is 0.394 e. The van der Waals surface area contributed by atoms with E-state index in [4.69, 9.17) is 4.74 Å². The van der Waals surface area contributed by atoms with Crippen LogP contribution in [0.15, 0.2) is 54.9 Å². The third-order valence-electron chi connectivity index (χ3n) is 6.21. The highest BCUT2D eigenvalue weighted by Crippen LogP contribution is 2.24. The van der Waals surface area contributed by atoms with Crippen molar-refractivity contribution in [1.29, 1.82) is 0 Å². The number of anilines is 1. The first-order chi connectivity index (χ1) is 15.6. The molecule has 32 heavy (non-hydrogen) atoms. The van der Waals surface area contributed by atoms with Gasteiger partial charge in [0.15, 0.2) is 0 Å². The van der Waals surface area contributed by atoms with E-state index in [2.05, 4.69) is 27.3 Å². The summed E-state index contributed by atoms with van der Waals surface area (Å²) in [6.07, 6.45) is 3.97. The quantitative estimate of drug-likeness (QED) is 0.709. The fourth-order valence-corrected chi connectivity index (χ4v) is 4.38. The number of amides is 2. The molecule has 0 saturated carbocycles. The Kier molecular flexibility index (Phi) is 7.34. The lowest BCUT2D eigenvalue weighted by Crippen LogP contribution is -2.52. The summed E-state index contributed by atoms with van der Waals surface area (Å²) >= 11 is 0. The van der Waals surface area contributed by atoms with Crippen molar-refractivity contribution in [3.05, 3.63) is 60.4 Å². The van der Waals surface area contributed by atoms with Crippen LogP contribution in [0.5, 0.6) is 0 Å². The van der Waals surface area contributed by atoms with Crippen LogP contribution >= 0.6 is 0 Å². The maximum atomic E-state index is 12.8.